The Balaban J connectivity index is 1.71. The van der Waals surface area contributed by atoms with Gasteiger partial charge in [-0.25, -0.2) is 0 Å². The second-order valence-electron chi connectivity index (χ2n) is 5.47. The van der Waals surface area contributed by atoms with Gasteiger partial charge in [-0.05, 0) is 24.6 Å². The van der Waals surface area contributed by atoms with Crippen LogP contribution >= 0.6 is 0 Å². The summed E-state index contributed by atoms with van der Waals surface area (Å²) >= 11 is 0. The molecule has 116 valence electrons. The average molecular weight is 300 g/mol. The summed E-state index contributed by atoms with van der Waals surface area (Å²) in [6.07, 6.45) is 4.70. The summed E-state index contributed by atoms with van der Waals surface area (Å²) in [5.41, 5.74) is 1.88. The zero-order valence-corrected chi connectivity index (χ0v) is 12.7. The fourth-order valence-corrected chi connectivity index (χ4v) is 2.81. The predicted octanol–water partition coefficient (Wildman–Crippen LogP) is 1.44. The summed E-state index contributed by atoms with van der Waals surface area (Å²) in [6.45, 7) is 1.94. The van der Waals surface area contributed by atoms with E-state index in [-0.39, 0.29) is 11.9 Å². The van der Waals surface area contributed by atoms with Gasteiger partial charge in [0.1, 0.15) is 0 Å². The van der Waals surface area contributed by atoms with Gasteiger partial charge in [-0.1, -0.05) is 6.07 Å². The van der Waals surface area contributed by atoms with Crippen LogP contribution in [0.25, 0.3) is 0 Å². The van der Waals surface area contributed by atoms with Crippen LogP contribution < -0.4 is 0 Å². The minimum atomic E-state index is 0.105. The van der Waals surface area contributed by atoms with E-state index in [0.717, 1.165) is 17.8 Å². The maximum Gasteiger partial charge on any atom is 0.229 e. The Bertz CT molecular complexity index is 626. The molecule has 1 aliphatic rings. The number of rotatable bonds is 5. The second kappa shape index (κ2) is 6.70. The van der Waals surface area contributed by atoms with E-state index >= 15 is 0 Å². The van der Waals surface area contributed by atoms with Crippen LogP contribution in [0, 0.1) is 0 Å². The first-order chi connectivity index (χ1) is 10.8. The standard InChI is InChI=1S/C16H20N4O2/c1-22-9-6-15-12-19(11-14-5-8-18-20(14)15)16(21)10-13-4-2-3-7-17-13/h2-5,7-8,15H,6,9-12H2,1H3. The molecule has 6 nitrogen and oxygen atoms in total. The monoisotopic (exact) mass is 300 g/mol. The smallest absolute Gasteiger partial charge is 0.229 e. The topological polar surface area (TPSA) is 60.2 Å². The Morgan fingerprint density at radius 2 is 2.27 bits per heavy atom. The van der Waals surface area contributed by atoms with E-state index in [1.807, 2.05) is 33.8 Å². The molecule has 0 fully saturated rings. The molecule has 1 unspecified atom stereocenters. The first-order valence-electron chi connectivity index (χ1n) is 7.47. The molecule has 1 aliphatic heterocycles. The van der Waals surface area contributed by atoms with Crippen LogP contribution in [0.4, 0.5) is 0 Å². The lowest BCUT2D eigenvalue weighted by molar-refractivity contribution is -0.132. The lowest BCUT2D eigenvalue weighted by Crippen LogP contribution is -2.42. The van der Waals surface area contributed by atoms with E-state index in [1.165, 1.54) is 0 Å². The van der Waals surface area contributed by atoms with Gasteiger partial charge < -0.3 is 9.64 Å². The minimum absolute atomic E-state index is 0.105. The highest BCUT2D eigenvalue weighted by Gasteiger charge is 2.28. The summed E-state index contributed by atoms with van der Waals surface area (Å²) in [5, 5.41) is 4.38. The van der Waals surface area contributed by atoms with Crippen molar-refractivity contribution in [3.8, 4) is 0 Å². The van der Waals surface area contributed by atoms with E-state index in [0.29, 0.717) is 26.1 Å². The number of nitrogens with zero attached hydrogens (tertiary/aromatic N) is 4. The van der Waals surface area contributed by atoms with E-state index in [9.17, 15) is 4.79 Å². The number of carbonyl (C=O) groups is 1. The molecule has 1 atom stereocenters. The molecule has 0 radical (unpaired) electrons. The van der Waals surface area contributed by atoms with Crippen LogP contribution in [0.15, 0.2) is 36.7 Å². The van der Waals surface area contributed by atoms with Gasteiger partial charge in [0.2, 0.25) is 5.91 Å². The van der Waals surface area contributed by atoms with Gasteiger partial charge in [0, 0.05) is 38.3 Å². The molecule has 0 aromatic carbocycles. The largest absolute Gasteiger partial charge is 0.385 e. The van der Waals surface area contributed by atoms with Gasteiger partial charge in [-0.15, -0.1) is 0 Å². The van der Waals surface area contributed by atoms with Crippen molar-refractivity contribution in [3.63, 3.8) is 0 Å². The third-order valence-electron chi connectivity index (χ3n) is 3.95. The quantitative estimate of drug-likeness (QED) is 0.838. The number of hydrogen-bond donors (Lipinski definition) is 0. The van der Waals surface area contributed by atoms with Gasteiger partial charge >= 0.3 is 0 Å². The lowest BCUT2D eigenvalue weighted by atomic mass is 10.1. The van der Waals surface area contributed by atoms with Crippen LogP contribution in [0.5, 0.6) is 0 Å². The molecule has 6 heteroatoms. The van der Waals surface area contributed by atoms with Crippen molar-refractivity contribution in [3.05, 3.63) is 48.0 Å². The van der Waals surface area contributed by atoms with Crippen LogP contribution in [-0.2, 0) is 22.5 Å². The first kappa shape index (κ1) is 14.7. The number of fused-ring (bicyclic) bond motifs is 1. The SMILES string of the molecule is COCCC1CN(C(=O)Cc2ccccn2)Cc2ccnn21. The van der Waals surface area contributed by atoms with Crippen molar-refractivity contribution in [2.24, 2.45) is 0 Å². The Hall–Kier alpha value is -2.21. The number of pyridine rings is 1. The van der Waals surface area contributed by atoms with Gasteiger partial charge in [0.15, 0.2) is 0 Å². The minimum Gasteiger partial charge on any atom is -0.385 e. The molecule has 3 heterocycles. The highest BCUT2D eigenvalue weighted by molar-refractivity contribution is 5.78. The molecular formula is C16H20N4O2. The first-order valence-corrected chi connectivity index (χ1v) is 7.47. The lowest BCUT2D eigenvalue weighted by Gasteiger charge is -2.34. The molecule has 3 rings (SSSR count). The van der Waals surface area contributed by atoms with Gasteiger partial charge in [0.25, 0.3) is 0 Å². The molecule has 2 aromatic rings. The molecule has 1 amide bonds. The highest BCUT2D eigenvalue weighted by atomic mass is 16.5. The van der Waals surface area contributed by atoms with Crippen molar-refractivity contribution in [2.75, 3.05) is 20.3 Å². The third-order valence-corrected chi connectivity index (χ3v) is 3.95. The Morgan fingerprint density at radius 1 is 1.36 bits per heavy atom. The van der Waals surface area contributed by atoms with Gasteiger partial charge in [0.05, 0.1) is 24.7 Å². The summed E-state index contributed by atoms with van der Waals surface area (Å²) in [7, 11) is 1.69. The van der Waals surface area contributed by atoms with Crippen LogP contribution in [0.2, 0.25) is 0 Å². The second-order valence-corrected chi connectivity index (χ2v) is 5.47. The summed E-state index contributed by atoms with van der Waals surface area (Å²) in [5.74, 6) is 0.105. The van der Waals surface area contributed by atoms with Crippen LogP contribution in [0.1, 0.15) is 23.9 Å². The normalized spacial score (nSPS) is 17.3. The van der Waals surface area contributed by atoms with E-state index < -0.39 is 0 Å². The maximum absolute atomic E-state index is 12.5. The van der Waals surface area contributed by atoms with E-state index in [1.54, 1.807) is 19.5 Å². The zero-order valence-electron chi connectivity index (χ0n) is 12.7. The summed E-state index contributed by atoms with van der Waals surface area (Å²) in [6, 6.07) is 7.79. The molecular weight excluding hydrogens is 280 g/mol. The summed E-state index contributed by atoms with van der Waals surface area (Å²) < 4.78 is 7.19. The van der Waals surface area contributed by atoms with Crippen molar-refractivity contribution < 1.29 is 9.53 Å². The fourth-order valence-electron chi connectivity index (χ4n) is 2.81. The number of ether oxygens (including phenoxy) is 1. The Kier molecular flexibility index (Phi) is 4.48. The Morgan fingerprint density at radius 3 is 3.05 bits per heavy atom. The molecule has 0 N–H and O–H groups in total. The molecule has 0 spiro atoms. The molecule has 0 saturated carbocycles. The Labute approximate surface area is 129 Å². The molecule has 2 aromatic heterocycles. The zero-order chi connectivity index (χ0) is 15.4. The van der Waals surface area contributed by atoms with E-state index in [4.69, 9.17) is 4.74 Å². The van der Waals surface area contributed by atoms with Crippen LogP contribution in [-0.4, -0.2) is 45.8 Å². The highest BCUT2D eigenvalue weighted by Crippen LogP contribution is 2.23. The number of methoxy groups -OCH3 is 1. The number of aromatic nitrogens is 3. The fraction of sp³-hybridized carbons (Fsp3) is 0.438. The molecule has 0 aliphatic carbocycles. The van der Waals surface area contributed by atoms with E-state index in [2.05, 4.69) is 10.1 Å². The van der Waals surface area contributed by atoms with Crippen molar-refractivity contribution >= 4 is 5.91 Å². The van der Waals surface area contributed by atoms with Crippen molar-refractivity contribution in [1.29, 1.82) is 0 Å². The predicted molar refractivity (Wildman–Crippen MR) is 81.1 cm³/mol. The van der Waals surface area contributed by atoms with Gasteiger partial charge in [-0.3, -0.25) is 14.5 Å². The van der Waals surface area contributed by atoms with Crippen molar-refractivity contribution in [1.82, 2.24) is 19.7 Å². The average Bonchev–Trinajstić information content (AvgIpc) is 3.02. The molecule has 22 heavy (non-hydrogen) atoms. The molecule has 0 saturated heterocycles. The third kappa shape index (κ3) is 3.17. The van der Waals surface area contributed by atoms with Crippen LogP contribution in [0.3, 0.4) is 0 Å². The number of carbonyl (C=O) groups excluding carboxylic acids is 1. The summed E-state index contributed by atoms with van der Waals surface area (Å²) in [4.78, 5) is 18.7. The maximum atomic E-state index is 12.5. The number of amides is 1. The van der Waals surface area contributed by atoms with Gasteiger partial charge in [-0.2, -0.15) is 5.10 Å². The molecule has 0 bridgehead atoms. The number of hydrogen-bond acceptors (Lipinski definition) is 4. The van der Waals surface area contributed by atoms with Crippen molar-refractivity contribution in [2.45, 2.75) is 25.4 Å².